The van der Waals surface area contributed by atoms with Gasteiger partial charge >= 0.3 is 17.9 Å². The summed E-state index contributed by atoms with van der Waals surface area (Å²) in [5, 5.41) is 25.1. The Bertz CT molecular complexity index is 1380. The molecule has 2 aromatic rings. The Morgan fingerprint density at radius 2 is 1.29 bits per heavy atom. The molecule has 13 nitrogen and oxygen atoms in total. The Labute approximate surface area is 277 Å². The normalized spacial score (nSPS) is 12.8. The number of nitrogens with zero attached hydrogens (tertiary/aromatic N) is 3. The van der Waals surface area contributed by atoms with E-state index in [1.807, 2.05) is 0 Å². The molecule has 0 bridgehead atoms. The highest BCUT2D eigenvalue weighted by Gasteiger charge is 2.27. The fraction of sp³-hybridized carbons (Fsp3) is 0.467. The summed E-state index contributed by atoms with van der Waals surface area (Å²) in [4.78, 5) is 45.7. The van der Waals surface area contributed by atoms with Crippen LogP contribution < -0.4 is 5.73 Å². The summed E-state index contributed by atoms with van der Waals surface area (Å²) in [6.45, 7) is 2.13. The van der Waals surface area contributed by atoms with Gasteiger partial charge in [0.25, 0.3) is 0 Å². The Morgan fingerprint density at radius 1 is 0.812 bits per heavy atom. The fourth-order valence-electron chi connectivity index (χ4n) is 4.35. The molecular weight excluding hydrogens is 668 g/mol. The highest BCUT2D eigenvalue weighted by molar-refractivity contribution is 7.89. The molecule has 1 saturated heterocycles. The lowest BCUT2D eigenvalue weighted by molar-refractivity contribution is -0.141. The molecule has 0 aromatic heterocycles. The van der Waals surface area contributed by atoms with Crippen molar-refractivity contribution in [3.63, 3.8) is 0 Å². The minimum atomic E-state index is -3.58. The van der Waals surface area contributed by atoms with Crippen LogP contribution in [0, 0.1) is 12.7 Å². The van der Waals surface area contributed by atoms with Crippen LogP contribution in [0.25, 0.3) is 0 Å². The quantitative estimate of drug-likeness (QED) is 0.186. The largest absolute Gasteiger partial charge is 0.480 e. The number of carbonyl (C=O) groups excluding carboxylic acids is 1. The van der Waals surface area contributed by atoms with E-state index in [1.54, 1.807) is 48.6 Å². The Balaban J connectivity index is 0. The summed E-state index contributed by atoms with van der Waals surface area (Å²) in [6, 6.07) is 10.9. The number of sulfonamides is 1. The van der Waals surface area contributed by atoms with Crippen LogP contribution in [0.15, 0.2) is 47.4 Å². The third-order valence-electron chi connectivity index (χ3n) is 6.35. The van der Waals surface area contributed by atoms with Crippen LogP contribution >= 0.6 is 0 Å². The second-order valence-corrected chi connectivity index (χ2v) is 12.6. The highest BCUT2D eigenvalue weighted by Crippen LogP contribution is 2.24. The summed E-state index contributed by atoms with van der Waals surface area (Å²) in [5.74, 6) is -3.48. The molecule has 18 heteroatoms. The Morgan fingerprint density at radius 3 is 1.71 bits per heavy atom. The SMILES string of the molecule is CN(CC(=O)O)CC(=O)O.Cc1ccc(CC(=O)CN(C)CC(=O)O)cc1S(=O)(=O)N1CCCCCC1.F.FF.Nc1cccc(F)c1. The van der Waals surface area contributed by atoms with Crippen molar-refractivity contribution in [1.82, 2.24) is 14.1 Å². The predicted molar refractivity (Wildman–Crippen MR) is 171 cm³/mol. The molecule has 1 fully saturated rings. The van der Waals surface area contributed by atoms with E-state index in [2.05, 4.69) is 0 Å². The summed E-state index contributed by atoms with van der Waals surface area (Å²) in [6.07, 6.45) is 3.90. The first kappa shape index (κ1) is 46.0. The maximum Gasteiger partial charge on any atom is 0.317 e. The van der Waals surface area contributed by atoms with Gasteiger partial charge in [-0.3, -0.25) is 33.7 Å². The summed E-state index contributed by atoms with van der Waals surface area (Å²) in [7, 11) is -0.581. The summed E-state index contributed by atoms with van der Waals surface area (Å²) < 4.78 is 55.8. The van der Waals surface area contributed by atoms with Gasteiger partial charge in [-0.1, -0.05) is 31.0 Å². The molecule has 1 heterocycles. The number of hydrogen-bond donors (Lipinski definition) is 4. The predicted octanol–water partition coefficient (Wildman–Crippen LogP) is 3.18. The van der Waals surface area contributed by atoms with E-state index >= 15 is 0 Å². The molecule has 1 aliphatic heterocycles. The van der Waals surface area contributed by atoms with E-state index in [0.29, 0.717) is 29.9 Å². The number of rotatable bonds is 12. The van der Waals surface area contributed by atoms with Gasteiger partial charge in [-0.2, -0.15) is 4.31 Å². The third-order valence-corrected chi connectivity index (χ3v) is 8.39. The van der Waals surface area contributed by atoms with Crippen molar-refractivity contribution in [3.8, 4) is 0 Å². The number of hydrogen-bond acceptors (Lipinski definition) is 9. The second kappa shape index (κ2) is 24.1. The number of likely N-dealkylation sites (N-methyl/N-ethyl adjacent to an activating group) is 2. The van der Waals surface area contributed by atoms with Gasteiger partial charge in [-0.25, -0.2) is 12.8 Å². The zero-order chi connectivity index (χ0) is 36.2. The minimum absolute atomic E-state index is 0. The number of halogens is 4. The average Bonchev–Trinajstić information content (AvgIpc) is 3.25. The number of carboxylic acid groups (broad SMARTS) is 3. The van der Waals surface area contributed by atoms with Gasteiger partial charge in [0.1, 0.15) is 5.82 Å². The van der Waals surface area contributed by atoms with Crippen LogP contribution in [0.5, 0.6) is 0 Å². The molecule has 0 unspecified atom stereocenters. The monoisotopic (exact) mass is 712 g/mol. The minimum Gasteiger partial charge on any atom is -0.480 e. The van der Waals surface area contributed by atoms with Crippen molar-refractivity contribution < 1.29 is 61.2 Å². The van der Waals surface area contributed by atoms with Crippen LogP contribution in [-0.4, -0.2) is 115 Å². The van der Waals surface area contributed by atoms with Crippen LogP contribution in [0.4, 0.5) is 23.9 Å². The maximum atomic E-state index is 13.1. The van der Waals surface area contributed by atoms with Crippen LogP contribution in [-0.2, 0) is 35.6 Å². The first-order chi connectivity index (χ1) is 22.0. The molecule has 3 rings (SSSR count). The number of aliphatic carboxylic acids is 3. The zero-order valence-corrected chi connectivity index (χ0v) is 27.8. The van der Waals surface area contributed by atoms with Crippen molar-refractivity contribution in [1.29, 1.82) is 0 Å². The molecule has 48 heavy (non-hydrogen) atoms. The zero-order valence-electron chi connectivity index (χ0n) is 27.0. The van der Waals surface area contributed by atoms with Gasteiger partial charge in [0.05, 0.1) is 31.1 Å². The van der Waals surface area contributed by atoms with E-state index in [9.17, 15) is 32.0 Å². The number of Topliss-reactive ketones (excluding diaryl/α,β-unsaturated/α-hetero) is 1. The number of aryl methyl sites for hydroxylation is 1. The average molecular weight is 713 g/mol. The summed E-state index contributed by atoms with van der Waals surface area (Å²) >= 11 is 0. The van der Waals surface area contributed by atoms with Gasteiger partial charge in [0.15, 0.2) is 5.78 Å². The Kier molecular flexibility index (Phi) is 23.1. The molecule has 0 spiro atoms. The van der Waals surface area contributed by atoms with Crippen molar-refractivity contribution in [3.05, 3.63) is 59.4 Å². The van der Waals surface area contributed by atoms with Crippen molar-refractivity contribution >= 4 is 39.4 Å². The van der Waals surface area contributed by atoms with Crippen LogP contribution in [0.3, 0.4) is 0 Å². The maximum absolute atomic E-state index is 13.1. The van der Waals surface area contributed by atoms with Crippen molar-refractivity contribution in [2.75, 3.05) is 59.1 Å². The van der Waals surface area contributed by atoms with Crippen LogP contribution in [0.1, 0.15) is 36.8 Å². The van der Waals surface area contributed by atoms with E-state index < -0.39 is 27.9 Å². The molecule has 5 N–H and O–H groups in total. The van der Waals surface area contributed by atoms with Gasteiger partial charge in [0, 0.05) is 34.3 Å². The van der Waals surface area contributed by atoms with E-state index in [4.69, 9.17) is 30.2 Å². The molecule has 0 aliphatic carbocycles. The summed E-state index contributed by atoms with van der Waals surface area (Å²) in [5.41, 5.74) is 6.97. The molecule has 1 aliphatic rings. The van der Waals surface area contributed by atoms with Crippen molar-refractivity contribution in [2.45, 2.75) is 43.9 Å². The van der Waals surface area contributed by atoms with Gasteiger partial charge in [-0.05, 0) is 69.3 Å². The van der Waals surface area contributed by atoms with Gasteiger partial charge in [0.2, 0.25) is 10.0 Å². The Hall–Kier alpha value is -4.13. The molecular formula is C30H44F4N4O9S. The van der Waals surface area contributed by atoms with Gasteiger partial charge < -0.3 is 21.1 Å². The number of nitrogen functional groups attached to an aromatic ring is 1. The lowest BCUT2D eigenvalue weighted by Gasteiger charge is -2.21. The lowest BCUT2D eigenvalue weighted by Crippen LogP contribution is -2.33. The lowest BCUT2D eigenvalue weighted by atomic mass is 10.1. The molecule has 0 atom stereocenters. The van der Waals surface area contributed by atoms with Gasteiger partial charge in [-0.15, -0.1) is 0 Å². The van der Waals surface area contributed by atoms with E-state index in [1.165, 1.54) is 29.0 Å². The number of carbonyl (C=O) groups is 4. The molecule has 2 aromatic carbocycles. The molecule has 272 valence electrons. The number of ketones is 1. The number of benzene rings is 2. The highest BCUT2D eigenvalue weighted by atomic mass is 32.2. The van der Waals surface area contributed by atoms with Crippen molar-refractivity contribution in [2.24, 2.45) is 0 Å². The van der Waals surface area contributed by atoms with Crippen LogP contribution in [0.2, 0.25) is 0 Å². The standard InChI is InChI=1S/C19H28N2O5S.C6H6FN.C5H9NO4.F2.FH/c1-15-7-8-16(11-17(22)13-20(2)14-19(23)24)12-18(15)27(25,26)21-9-5-3-4-6-10-21;7-5-2-1-3-6(8)4-5;1-6(2-4(7)8)3-5(9)10;1-2;/h7-8,12H,3-6,9-11,13-14H2,1-2H3,(H,23,24);1-4H,8H2;2-3H2,1H3,(H,7,8)(H,9,10);;1H. The number of carboxylic acids is 3. The number of anilines is 1. The topological polar surface area (TPSA) is 199 Å². The van der Waals surface area contributed by atoms with E-state index in [0.717, 1.165) is 25.7 Å². The smallest absolute Gasteiger partial charge is 0.317 e. The molecule has 0 amide bonds. The second-order valence-electron chi connectivity index (χ2n) is 10.7. The molecule has 0 saturated carbocycles. The molecule has 0 radical (unpaired) electrons. The number of nitrogens with two attached hydrogens (primary N) is 1. The third kappa shape index (κ3) is 19.5. The first-order valence-electron chi connectivity index (χ1n) is 14.3. The fourth-order valence-corrected chi connectivity index (χ4v) is 6.14. The first-order valence-corrected chi connectivity index (χ1v) is 15.7. The van der Waals surface area contributed by atoms with E-state index in [-0.39, 0.29) is 53.8 Å².